The van der Waals surface area contributed by atoms with Gasteiger partial charge in [-0.15, -0.1) is 11.3 Å². The molecule has 4 heteroatoms. The summed E-state index contributed by atoms with van der Waals surface area (Å²) in [6.45, 7) is 4.52. The zero-order valence-corrected chi connectivity index (χ0v) is 22.4. The largest absolute Gasteiger partial charge is 0.290 e. The Morgan fingerprint density at radius 1 is 0.744 bits per heavy atom. The van der Waals surface area contributed by atoms with Gasteiger partial charge in [0.1, 0.15) is 16.0 Å². The molecule has 0 unspecified atom stereocenters. The van der Waals surface area contributed by atoms with Crippen LogP contribution in [0.5, 0.6) is 0 Å². The van der Waals surface area contributed by atoms with Crippen LogP contribution >= 0.6 is 11.3 Å². The van der Waals surface area contributed by atoms with Crippen LogP contribution in [0.1, 0.15) is 30.5 Å². The Morgan fingerprint density at radius 2 is 1.46 bits per heavy atom. The van der Waals surface area contributed by atoms with E-state index in [0.717, 1.165) is 11.2 Å². The van der Waals surface area contributed by atoms with Gasteiger partial charge in [-0.2, -0.15) is 5.26 Å². The lowest BCUT2D eigenvalue weighted by Crippen LogP contribution is -2.15. The molecule has 3 aromatic heterocycles. The Balaban J connectivity index is 1.22. The van der Waals surface area contributed by atoms with Crippen LogP contribution in [-0.2, 0) is 5.41 Å². The van der Waals surface area contributed by atoms with E-state index in [2.05, 4.69) is 122 Å². The number of rotatable bonds is 2. The van der Waals surface area contributed by atoms with E-state index in [1.54, 1.807) is 11.3 Å². The van der Waals surface area contributed by atoms with Gasteiger partial charge in [0, 0.05) is 21.7 Å². The average molecular weight is 518 g/mol. The normalized spacial score (nSPS) is 13.6. The van der Waals surface area contributed by atoms with Gasteiger partial charge in [0.05, 0.1) is 11.6 Å². The van der Waals surface area contributed by atoms with Crippen molar-refractivity contribution in [3.63, 3.8) is 0 Å². The first-order chi connectivity index (χ1) is 19.0. The zero-order valence-electron chi connectivity index (χ0n) is 21.6. The van der Waals surface area contributed by atoms with Crippen molar-refractivity contribution in [3.05, 3.63) is 120 Å². The molecule has 0 atom stereocenters. The Labute approximate surface area is 230 Å². The highest BCUT2D eigenvalue weighted by molar-refractivity contribution is 7.25. The summed E-state index contributed by atoms with van der Waals surface area (Å²) in [5, 5.41) is 10.7. The standard InChI is InChI=1S/C35H23N3S/c1-35(2)29-16-21(19-36)10-13-26(29)27-14-11-24(18-30(27)35)22-6-5-7-23(17-22)25-12-15-32-37-33-28-8-3-4-9-31(28)39-34(33)38(32)20-25/h3-18,20H,1-2H3. The maximum Gasteiger partial charge on any atom is 0.138 e. The number of pyridine rings is 1. The van der Waals surface area contributed by atoms with Crippen LogP contribution in [0.2, 0.25) is 0 Å². The van der Waals surface area contributed by atoms with Gasteiger partial charge in [0.2, 0.25) is 0 Å². The number of fused-ring (bicyclic) bond motifs is 8. The summed E-state index contributed by atoms with van der Waals surface area (Å²) in [6, 6.07) is 36.7. The highest BCUT2D eigenvalue weighted by Gasteiger charge is 2.35. The lowest BCUT2D eigenvalue weighted by Gasteiger charge is -2.22. The molecule has 0 saturated carbocycles. The number of aromatic nitrogens is 2. The number of nitrogens with zero attached hydrogens (tertiary/aromatic N) is 3. The van der Waals surface area contributed by atoms with Crippen LogP contribution in [0.3, 0.4) is 0 Å². The number of imidazole rings is 1. The molecule has 1 aliphatic rings. The van der Waals surface area contributed by atoms with Gasteiger partial charge in [-0.25, -0.2) is 4.98 Å². The molecule has 0 aliphatic heterocycles. The Hall–Kier alpha value is -4.72. The lowest BCUT2D eigenvalue weighted by atomic mass is 9.81. The van der Waals surface area contributed by atoms with Gasteiger partial charge < -0.3 is 0 Å². The predicted molar refractivity (Wildman–Crippen MR) is 161 cm³/mol. The smallest absolute Gasteiger partial charge is 0.138 e. The van der Waals surface area contributed by atoms with Crippen molar-refractivity contribution in [1.29, 1.82) is 5.26 Å². The average Bonchev–Trinajstić information content (AvgIpc) is 3.59. The van der Waals surface area contributed by atoms with E-state index < -0.39 is 0 Å². The summed E-state index contributed by atoms with van der Waals surface area (Å²) in [5.41, 5.74) is 12.4. The molecule has 3 nitrogen and oxygen atoms in total. The molecule has 0 N–H and O–H groups in total. The summed E-state index contributed by atoms with van der Waals surface area (Å²) in [7, 11) is 0. The second kappa shape index (κ2) is 7.89. The SMILES string of the molecule is CC1(C)c2cc(C#N)ccc2-c2ccc(-c3cccc(-c4ccc5nc6c7ccccc7sc6n5c4)c3)cc21. The van der Waals surface area contributed by atoms with Crippen molar-refractivity contribution in [2.45, 2.75) is 19.3 Å². The lowest BCUT2D eigenvalue weighted by molar-refractivity contribution is 0.660. The molecule has 7 aromatic rings. The summed E-state index contributed by atoms with van der Waals surface area (Å²) >= 11 is 1.79. The second-order valence-electron chi connectivity index (χ2n) is 10.8. The van der Waals surface area contributed by atoms with Gasteiger partial charge in [-0.05, 0) is 87.0 Å². The van der Waals surface area contributed by atoms with E-state index in [9.17, 15) is 5.26 Å². The highest BCUT2D eigenvalue weighted by atomic mass is 32.1. The minimum absolute atomic E-state index is 0.159. The molecule has 0 radical (unpaired) electrons. The van der Waals surface area contributed by atoms with E-state index >= 15 is 0 Å². The van der Waals surface area contributed by atoms with Crippen molar-refractivity contribution in [1.82, 2.24) is 9.38 Å². The number of benzene rings is 4. The third-order valence-electron chi connectivity index (χ3n) is 8.26. The van der Waals surface area contributed by atoms with Crippen molar-refractivity contribution in [2.75, 3.05) is 0 Å². The van der Waals surface area contributed by atoms with Crippen LogP contribution in [-0.4, -0.2) is 9.38 Å². The van der Waals surface area contributed by atoms with Crippen molar-refractivity contribution < 1.29 is 0 Å². The first-order valence-corrected chi connectivity index (χ1v) is 13.9. The molecule has 184 valence electrons. The molecule has 1 aliphatic carbocycles. The molecule has 0 saturated heterocycles. The topological polar surface area (TPSA) is 41.1 Å². The first-order valence-electron chi connectivity index (χ1n) is 13.1. The minimum Gasteiger partial charge on any atom is -0.290 e. The summed E-state index contributed by atoms with van der Waals surface area (Å²) in [4.78, 5) is 6.12. The van der Waals surface area contributed by atoms with Crippen LogP contribution in [0.15, 0.2) is 103 Å². The van der Waals surface area contributed by atoms with Crippen molar-refractivity contribution in [2.24, 2.45) is 0 Å². The van der Waals surface area contributed by atoms with E-state index in [-0.39, 0.29) is 5.41 Å². The van der Waals surface area contributed by atoms with Gasteiger partial charge in [-0.3, -0.25) is 4.40 Å². The van der Waals surface area contributed by atoms with E-state index in [1.165, 1.54) is 59.4 Å². The van der Waals surface area contributed by atoms with Gasteiger partial charge in [-0.1, -0.05) is 68.4 Å². The van der Waals surface area contributed by atoms with E-state index in [0.29, 0.717) is 5.56 Å². The van der Waals surface area contributed by atoms with Crippen molar-refractivity contribution >= 4 is 37.4 Å². The Morgan fingerprint density at radius 3 is 2.31 bits per heavy atom. The number of hydrogen-bond donors (Lipinski definition) is 0. The van der Waals surface area contributed by atoms with Crippen LogP contribution in [0.25, 0.3) is 59.5 Å². The third-order valence-corrected chi connectivity index (χ3v) is 9.42. The zero-order chi connectivity index (χ0) is 26.3. The van der Waals surface area contributed by atoms with Crippen LogP contribution in [0.4, 0.5) is 0 Å². The summed E-state index contributed by atoms with van der Waals surface area (Å²) < 4.78 is 3.49. The molecule has 4 aromatic carbocycles. The van der Waals surface area contributed by atoms with Gasteiger partial charge in [0.15, 0.2) is 0 Å². The van der Waals surface area contributed by atoms with Crippen molar-refractivity contribution in [3.8, 4) is 39.4 Å². The second-order valence-corrected chi connectivity index (χ2v) is 11.9. The third kappa shape index (κ3) is 3.17. The molecule has 39 heavy (non-hydrogen) atoms. The quantitative estimate of drug-likeness (QED) is 0.229. The fraction of sp³-hybridized carbons (Fsp3) is 0.0857. The first kappa shape index (κ1) is 22.3. The summed E-state index contributed by atoms with van der Waals surface area (Å²) in [6.07, 6.45) is 2.22. The number of hydrogen-bond acceptors (Lipinski definition) is 3. The maximum atomic E-state index is 9.45. The van der Waals surface area contributed by atoms with E-state index in [1.807, 2.05) is 6.07 Å². The highest BCUT2D eigenvalue weighted by Crippen LogP contribution is 2.50. The molecule has 0 fully saturated rings. The molecule has 0 spiro atoms. The monoisotopic (exact) mass is 517 g/mol. The Kier molecular flexibility index (Phi) is 4.51. The fourth-order valence-electron chi connectivity index (χ4n) is 6.19. The van der Waals surface area contributed by atoms with Crippen LogP contribution in [0, 0.1) is 11.3 Å². The van der Waals surface area contributed by atoms with Gasteiger partial charge in [0.25, 0.3) is 0 Å². The molecule has 3 heterocycles. The molecular weight excluding hydrogens is 494 g/mol. The maximum absolute atomic E-state index is 9.45. The fourth-order valence-corrected chi connectivity index (χ4v) is 7.31. The molecule has 8 rings (SSSR count). The van der Waals surface area contributed by atoms with E-state index in [4.69, 9.17) is 4.98 Å². The number of nitriles is 1. The molecular formula is C35H23N3S. The van der Waals surface area contributed by atoms with Gasteiger partial charge >= 0.3 is 0 Å². The molecule has 0 bridgehead atoms. The molecule has 0 amide bonds. The minimum atomic E-state index is -0.159. The summed E-state index contributed by atoms with van der Waals surface area (Å²) in [5.74, 6) is 0. The Bertz CT molecular complexity index is 2170. The predicted octanol–water partition coefficient (Wildman–Crippen LogP) is 9.21. The number of thiophene rings is 1. The van der Waals surface area contributed by atoms with Crippen LogP contribution < -0.4 is 0 Å².